The van der Waals surface area contributed by atoms with Gasteiger partial charge in [-0.3, -0.25) is 14.5 Å². The van der Waals surface area contributed by atoms with Crippen molar-refractivity contribution < 1.29 is 19.4 Å². The summed E-state index contributed by atoms with van der Waals surface area (Å²) < 4.78 is 6.01. The zero-order valence-corrected chi connectivity index (χ0v) is 26.6. The Kier molecular flexibility index (Phi) is 11.3. The number of carbonyl (C=O) groups excluding carboxylic acids is 2. The van der Waals surface area contributed by atoms with E-state index in [1.165, 1.54) is 10.5 Å². The van der Waals surface area contributed by atoms with Crippen molar-refractivity contribution in [2.75, 3.05) is 25.9 Å². The maximum Gasteiger partial charge on any atom is 0.246 e. The standard InChI is InChI=1S/C33H45N3O4S.ClH/c1-3-4-20-36-30(37)29(23-32(39)16-6-5-7-17-32)34-31(38)33(36)18-21-35(22-19-33)24-25-8-10-26(11-9-25)40-27-12-14-28(41-2)15-13-27;/h8-15,29,39H,3-7,16-24H2,1-2H3,(H,34,38);1H/t29-;/m1./s1. The Balaban J connectivity index is 0.00000405. The lowest BCUT2D eigenvalue weighted by atomic mass is 9.77. The SMILES string of the molecule is CCCCN1C(=O)[C@@H](CC2(O)CCCCC2)NC(=O)C12CCN(Cc1ccc(Oc3ccc(SC)cc3)cc1)CC2.Cl. The van der Waals surface area contributed by atoms with E-state index in [0.29, 0.717) is 38.6 Å². The highest BCUT2D eigenvalue weighted by molar-refractivity contribution is 7.98. The first-order chi connectivity index (χ1) is 19.8. The van der Waals surface area contributed by atoms with E-state index in [1.54, 1.807) is 11.8 Å². The van der Waals surface area contributed by atoms with Gasteiger partial charge in [0.15, 0.2) is 0 Å². The van der Waals surface area contributed by atoms with E-state index >= 15 is 0 Å². The van der Waals surface area contributed by atoms with Crippen molar-refractivity contribution in [3.8, 4) is 11.5 Å². The average Bonchev–Trinajstić information content (AvgIpc) is 2.98. The molecule has 2 saturated heterocycles. The number of unbranched alkanes of at least 4 members (excludes halogenated alkanes) is 1. The Labute approximate surface area is 261 Å². The molecule has 230 valence electrons. The summed E-state index contributed by atoms with van der Waals surface area (Å²) in [4.78, 5) is 33.0. The molecular formula is C33H46ClN3O4S. The van der Waals surface area contributed by atoms with Crippen molar-refractivity contribution in [1.29, 1.82) is 0 Å². The monoisotopic (exact) mass is 615 g/mol. The van der Waals surface area contributed by atoms with Crippen LogP contribution in [-0.2, 0) is 16.1 Å². The molecular weight excluding hydrogens is 570 g/mol. The number of benzene rings is 2. The molecule has 3 fully saturated rings. The Morgan fingerprint density at radius 3 is 2.17 bits per heavy atom. The molecule has 0 aromatic heterocycles. The van der Waals surface area contributed by atoms with Gasteiger partial charge in [-0.05, 0) is 80.3 Å². The second kappa shape index (κ2) is 14.5. The van der Waals surface area contributed by atoms with Crippen LogP contribution in [0.2, 0.25) is 0 Å². The fraction of sp³-hybridized carbons (Fsp3) is 0.576. The molecule has 1 atom stereocenters. The van der Waals surface area contributed by atoms with Gasteiger partial charge in [0.2, 0.25) is 11.8 Å². The van der Waals surface area contributed by atoms with Crippen LogP contribution in [0.25, 0.3) is 0 Å². The molecule has 2 aliphatic heterocycles. The van der Waals surface area contributed by atoms with Crippen molar-refractivity contribution in [2.45, 2.75) is 99.8 Å². The van der Waals surface area contributed by atoms with Gasteiger partial charge in [-0.1, -0.05) is 44.7 Å². The number of ether oxygens (including phenoxy) is 1. The van der Waals surface area contributed by atoms with Gasteiger partial charge in [0, 0.05) is 37.5 Å². The minimum atomic E-state index is -0.852. The van der Waals surface area contributed by atoms with Gasteiger partial charge in [0.05, 0.1) is 5.60 Å². The van der Waals surface area contributed by atoms with Crippen LogP contribution in [-0.4, -0.2) is 69.8 Å². The van der Waals surface area contributed by atoms with Crippen LogP contribution in [0.4, 0.5) is 0 Å². The summed E-state index contributed by atoms with van der Waals surface area (Å²) in [6.45, 7) is 5.00. The number of halogens is 1. The number of carbonyl (C=O) groups is 2. The molecule has 0 unspecified atom stereocenters. The van der Waals surface area contributed by atoms with Gasteiger partial charge in [-0.2, -0.15) is 0 Å². The number of nitrogens with one attached hydrogen (secondary N) is 1. The summed E-state index contributed by atoms with van der Waals surface area (Å²) in [5.41, 5.74) is -0.452. The Hall–Kier alpha value is -2.26. The summed E-state index contributed by atoms with van der Waals surface area (Å²) in [5.74, 6) is 1.58. The third-order valence-corrected chi connectivity index (χ3v) is 9.96. The molecule has 5 rings (SSSR count). The number of rotatable bonds is 10. The predicted octanol–water partition coefficient (Wildman–Crippen LogP) is 6.17. The zero-order valence-electron chi connectivity index (χ0n) is 25.0. The van der Waals surface area contributed by atoms with Gasteiger partial charge in [-0.25, -0.2) is 0 Å². The smallest absolute Gasteiger partial charge is 0.246 e. The molecule has 1 aliphatic carbocycles. The molecule has 1 spiro atoms. The molecule has 2 aromatic carbocycles. The summed E-state index contributed by atoms with van der Waals surface area (Å²) in [6.07, 6.45) is 9.97. The molecule has 1 saturated carbocycles. The van der Waals surface area contributed by atoms with Crippen molar-refractivity contribution in [1.82, 2.24) is 15.1 Å². The zero-order chi connectivity index (χ0) is 28.9. The average molecular weight is 616 g/mol. The van der Waals surface area contributed by atoms with Crippen LogP contribution in [0.1, 0.15) is 76.7 Å². The highest BCUT2D eigenvalue weighted by Gasteiger charge is 2.54. The van der Waals surface area contributed by atoms with Gasteiger partial charge < -0.3 is 20.1 Å². The van der Waals surface area contributed by atoms with Crippen LogP contribution in [0.5, 0.6) is 11.5 Å². The van der Waals surface area contributed by atoms with Crippen LogP contribution in [0.15, 0.2) is 53.4 Å². The van der Waals surface area contributed by atoms with E-state index < -0.39 is 17.2 Å². The first-order valence-corrected chi connectivity index (χ1v) is 16.5. The maximum absolute atomic E-state index is 13.8. The highest BCUT2D eigenvalue weighted by atomic mass is 35.5. The topological polar surface area (TPSA) is 82.1 Å². The number of amides is 2. The van der Waals surface area contributed by atoms with Gasteiger partial charge in [0.25, 0.3) is 0 Å². The summed E-state index contributed by atoms with van der Waals surface area (Å²) in [5, 5.41) is 14.2. The molecule has 2 amide bonds. The Bertz CT molecular complexity index is 1180. The third-order valence-electron chi connectivity index (χ3n) is 9.22. The van der Waals surface area contributed by atoms with Crippen LogP contribution < -0.4 is 10.1 Å². The van der Waals surface area contributed by atoms with Crippen molar-refractivity contribution in [2.24, 2.45) is 0 Å². The van der Waals surface area contributed by atoms with Crippen molar-refractivity contribution in [3.05, 3.63) is 54.1 Å². The molecule has 2 aromatic rings. The number of piperidine rings is 1. The van der Waals surface area contributed by atoms with Crippen molar-refractivity contribution in [3.63, 3.8) is 0 Å². The number of likely N-dealkylation sites (tertiary alicyclic amines) is 1. The Morgan fingerprint density at radius 2 is 1.57 bits per heavy atom. The van der Waals surface area contributed by atoms with E-state index in [9.17, 15) is 14.7 Å². The van der Waals surface area contributed by atoms with Gasteiger partial charge in [-0.15, -0.1) is 24.2 Å². The minimum Gasteiger partial charge on any atom is -0.457 e. The molecule has 2 heterocycles. The molecule has 7 nitrogen and oxygen atoms in total. The number of aliphatic hydroxyl groups is 1. The normalized spacial score (nSPS) is 22.0. The van der Waals surface area contributed by atoms with E-state index in [1.807, 2.05) is 29.2 Å². The molecule has 2 N–H and O–H groups in total. The third kappa shape index (κ3) is 7.44. The first-order valence-electron chi connectivity index (χ1n) is 15.3. The van der Waals surface area contributed by atoms with E-state index in [2.05, 4.69) is 47.7 Å². The van der Waals surface area contributed by atoms with E-state index in [4.69, 9.17) is 4.74 Å². The lowest BCUT2D eigenvalue weighted by Crippen LogP contribution is -2.73. The second-order valence-electron chi connectivity index (χ2n) is 12.1. The lowest BCUT2D eigenvalue weighted by Gasteiger charge is -2.52. The number of thioether (sulfide) groups is 1. The molecule has 0 radical (unpaired) electrons. The fourth-order valence-corrected chi connectivity index (χ4v) is 7.14. The first kappa shape index (κ1) is 32.6. The van der Waals surface area contributed by atoms with Crippen LogP contribution in [0, 0.1) is 0 Å². The highest BCUT2D eigenvalue weighted by Crippen LogP contribution is 2.38. The predicted molar refractivity (Wildman–Crippen MR) is 170 cm³/mol. The number of hydrogen-bond acceptors (Lipinski definition) is 6. The molecule has 3 aliphatic rings. The van der Waals surface area contributed by atoms with Gasteiger partial charge in [0.1, 0.15) is 23.1 Å². The van der Waals surface area contributed by atoms with Crippen molar-refractivity contribution >= 4 is 36.0 Å². The van der Waals surface area contributed by atoms with E-state index in [-0.39, 0.29) is 24.2 Å². The fourth-order valence-electron chi connectivity index (χ4n) is 6.73. The minimum absolute atomic E-state index is 0. The molecule has 9 heteroatoms. The largest absolute Gasteiger partial charge is 0.457 e. The molecule has 0 bridgehead atoms. The molecule has 42 heavy (non-hydrogen) atoms. The maximum atomic E-state index is 13.8. The van der Waals surface area contributed by atoms with Crippen LogP contribution in [0.3, 0.4) is 0 Å². The number of nitrogens with zero attached hydrogens (tertiary/aromatic N) is 2. The lowest BCUT2D eigenvalue weighted by molar-refractivity contribution is -0.163. The summed E-state index contributed by atoms with van der Waals surface area (Å²) >= 11 is 1.71. The summed E-state index contributed by atoms with van der Waals surface area (Å²) in [6, 6.07) is 15.7. The number of piperazine rings is 1. The quantitative estimate of drug-likeness (QED) is 0.311. The number of hydrogen-bond donors (Lipinski definition) is 2. The summed E-state index contributed by atoms with van der Waals surface area (Å²) in [7, 11) is 0. The van der Waals surface area contributed by atoms with E-state index in [0.717, 1.165) is 63.2 Å². The van der Waals surface area contributed by atoms with Gasteiger partial charge >= 0.3 is 0 Å². The second-order valence-corrected chi connectivity index (χ2v) is 13.0. The Morgan fingerprint density at radius 1 is 0.952 bits per heavy atom. The van der Waals surface area contributed by atoms with Crippen LogP contribution >= 0.6 is 24.2 Å².